The van der Waals surface area contributed by atoms with E-state index in [-0.39, 0.29) is 5.97 Å². The molecule has 1 atom stereocenters. The van der Waals surface area contributed by atoms with Crippen LogP contribution in [0.1, 0.15) is 65.7 Å². The van der Waals surface area contributed by atoms with Gasteiger partial charge in [-0.3, -0.25) is 4.79 Å². The Morgan fingerprint density at radius 1 is 1.14 bits per heavy atom. The quantitative estimate of drug-likeness (QED) is 0.700. The van der Waals surface area contributed by atoms with Crippen LogP contribution < -0.4 is 5.32 Å². The summed E-state index contributed by atoms with van der Waals surface area (Å²) in [6, 6.07) is 0. The number of hydrogen-bond acceptors (Lipinski definition) is 4. The van der Waals surface area contributed by atoms with Crippen molar-refractivity contribution >= 4 is 5.97 Å². The smallest absolute Gasteiger partial charge is 0.326 e. The fourth-order valence-electron chi connectivity index (χ4n) is 3.14. The zero-order valence-corrected chi connectivity index (χ0v) is 14.2. The van der Waals surface area contributed by atoms with Gasteiger partial charge in [0.15, 0.2) is 0 Å². The molecule has 1 saturated heterocycles. The van der Waals surface area contributed by atoms with E-state index >= 15 is 0 Å². The molecule has 0 aliphatic carbocycles. The maximum Gasteiger partial charge on any atom is 0.326 e. The Hall–Kier alpha value is -0.610. The van der Waals surface area contributed by atoms with Crippen LogP contribution >= 0.6 is 0 Å². The molecule has 0 aromatic carbocycles. The number of esters is 1. The summed E-state index contributed by atoms with van der Waals surface area (Å²) in [6.07, 6.45) is 8.67. The van der Waals surface area contributed by atoms with Crippen molar-refractivity contribution in [3.05, 3.63) is 0 Å². The van der Waals surface area contributed by atoms with Crippen molar-refractivity contribution in [3.63, 3.8) is 0 Å². The minimum atomic E-state index is -0.534. The Morgan fingerprint density at radius 2 is 1.76 bits per heavy atom. The zero-order valence-electron chi connectivity index (χ0n) is 14.2. The average molecular weight is 298 g/mol. The normalized spacial score (nSPS) is 20.3. The molecule has 0 amide bonds. The molecule has 124 valence electrons. The van der Waals surface area contributed by atoms with Crippen LogP contribution in [-0.2, 0) is 9.53 Å². The van der Waals surface area contributed by atoms with E-state index in [0.29, 0.717) is 6.61 Å². The minimum Gasteiger partial charge on any atom is -0.465 e. The van der Waals surface area contributed by atoms with Crippen molar-refractivity contribution in [1.82, 2.24) is 10.2 Å². The highest BCUT2D eigenvalue weighted by molar-refractivity contribution is 5.80. The lowest BCUT2D eigenvalue weighted by molar-refractivity contribution is -0.150. The van der Waals surface area contributed by atoms with Gasteiger partial charge in [-0.15, -0.1) is 0 Å². The van der Waals surface area contributed by atoms with E-state index in [1.165, 1.54) is 45.2 Å². The number of ether oxygens (including phenoxy) is 1. The van der Waals surface area contributed by atoms with Gasteiger partial charge in [-0.2, -0.15) is 0 Å². The number of carbonyl (C=O) groups is 1. The van der Waals surface area contributed by atoms with Gasteiger partial charge < -0.3 is 15.0 Å². The first-order chi connectivity index (χ1) is 10.1. The lowest BCUT2D eigenvalue weighted by Crippen LogP contribution is -2.50. The summed E-state index contributed by atoms with van der Waals surface area (Å²) in [4.78, 5) is 14.7. The van der Waals surface area contributed by atoms with Crippen molar-refractivity contribution in [3.8, 4) is 0 Å². The van der Waals surface area contributed by atoms with E-state index < -0.39 is 5.54 Å². The Balaban J connectivity index is 2.39. The van der Waals surface area contributed by atoms with E-state index in [1.807, 2.05) is 20.8 Å². The third-order valence-electron chi connectivity index (χ3n) is 4.39. The zero-order chi connectivity index (χ0) is 15.6. The molecule has 0 aromatic rings. The van der Waals surface area contributed by atoms with Crippen LogP contribution in [0.4, 0.5) is 0 Å². The molecule has 1 rings (SSSR count). The van der Waals surface area contributed by atoms with Crippen molar-refractivity contribution < 1.29 is 9.53 Å². The third-order valence-corrected chi connectivity index (χ3v) is 4.39. The largest absolute Gasteiger partial charge is 0.465 e. The predicted octanol–water partition coefficient (Wildman–Crippen LogP) is 2.96. The summed E-state index contributed by atoms with van der Waals surface area (Å²) in [7, 11) is 0. The number of likely N-dealkylation sites (N-methyl/N-ethyl adjacent to an activating group) is 1. The van der Waals surface area contributed by atoms with Crippen molar-refractivity contribution in [2.75, 3.05) is 32.8 Å². The van der Waals surface area contributed by atoms with Gasteiger partial charge in [0.1, 0.15) is 5.54 Å². The van der Waals surface area contributed by atoms with Crippen LogP contribution in [0, 0.1) is 0 Å². The van der Waals surface area contributed by atoms with Gasteiger partial charge in [-0.1, -0.05) is 26.2 Å². The Kier molecular flexibility index (Phi) is 8.93. The average Bonchev–Trinajstić information content (AvgIpc) is 2.41. The molecule has 1 aliphatic heterocycles. The van der Waals surface area contributed by atoms with Crippen molar-refractivity contribution in [2.45, 2.75) is 71.3 Å². The molecule has 1 fully saturated rings. The summed E-state index contributed by atoms with van der Waals surface area (Å²) in [5.74, 6) is -0.112. The van der Waals surface area contributed by atoms with Gasteiger partial charge >= 0.3 is 5.97 Å². The van der Waals surface area contributed by atoms with E-state index in [1.54, 1.807) is 0 Å². The van der Waals surface area contributed by atoms with Gasteiger partial charge in [-0.05, 0) is 65.7 Å². The molecule has 1 aliphatic rings. The number of nitrogens with one attached hydrogen (secondary N) is 1. The fourth-order valence-corrected chi connectivity index (χ4v) is 3.14. The SMILES string of the molecule is CCNC(C)(CCCN1CCCCCCC1)C(=O)OCC. The summed E-state index contributed by atoms with van der Waals surface area (Å²) in [5, 5.41) is 3.31. The van der Waals surface area contributed by atoms with Crippen LogP contribution in [0.15, 0.2) is 0 Å². The van der Waals surface area contributed by atoms with Crippen molar-refractivity contribution in [1.29, 1.82) is 0 Å². The van der Waals surface area contributed by atoms with E-state index in [9.17, 15) is 4.79 Å². The Labute approximate surface area is 130 Å². The fraction of sp³-hybridized carbons (Fsp3) is 0.941. The number of hydrogen-bond donors (Lipinski definition) is 1. The van der Waals surface area contributed by atoms with Gasteiger partial charge in [0, 0.05) is 0 Å². The molecule has 0 saturated carbocycles. The predicted molar refractivity (Wildman–Crippen MR) is 87.5 cm³/mol. The Morgan fingerprint density at radius 3 is 2.33 bits per heavy atom. The second kappa shape index (κ2) is 10.2. The topological polar surface area (TPSA) is 41.6 Å². The molecule has 1 N–H and O–H groups in total. The lowest BCUT2D eigenvalue weighted by Gasteiger charge is -2.30. The summed E-state index contributed by atoms with van der Waals surface area (Å²) in [6.45, 7) is 10.7. The molecule has 1 unspecified atom stereocenters. The second-order valence-electron chi connectivity index (χ2n) is 6.30. The highest BCUT2D eigenvalue weighted by atomic mass is 16.5. The van der Waals surface area contributed by atoms with Crippen molar-refractivity contribution in [2.24, 2.45) is 0 Å². The summed E-state index contributed by atoms with van der Waals surface area (Å²) in [5.41, 5.74) is -0.534. The first kappa shape index (κ1) is 18.4. The van der Waals surface area contributed by atoms with Crippen LogP contribution in [0.2, 0.25) is 0 Å². The molecular weight excluding hydrogens is 264 g/mol. The molecule has 21 heavy (non-hydrogen) atoms. The summed E-state index contributed by atoms with van der Waals surface area (Å²) >= 11 is 0. The number of carbonyl (C=O) groups excluding carboxylic acids is 1. The van der Waals surface area contributed by atoms with Gasteiger partial charge in [-0.25, -0.2) is 0 Å². The van der Waals surface area contributed by atoms with Gasteiger partial charge in [0.05, 0.1) is 6.61 Å². The van der Waals surface area contributed by atoms with E-state index in [0.717, 1.165) is 25.9 Å². The Bertz CT molecular complexity index is 289. The third kappa shape index (κ3) is 6.79. The standard InChI is InChI=1S/C17H34N2O2/c1-4-18-17(3,16(20)21-5-2)12-11-15-19-13-9-7-6-8-10-14-19/h18H,4-15H2,1-3H3. The van der Waals surface area contributed by atoms with E-state index in [4.69, 9.17) is 4.74 Å². The van der Waals surface area contributed by atoms with Crippen LogP contribution in [0.3, 0.4) is 0 Å². The van der Waals surface area contributed by atoms with Crippen LogP contribution in [0.25, 0.3) is 0 Å². The number of nitrogens with zero attached hydrogens (tertiary/aromatic N) is 1. The first-order valence-electron chi connectivity index (χ1n) is 8.77. The van der Waals surface area contributed by atoms with Gasteiger partial charge in [0.25, 0.3) is 0 Å². The van der Waals surface area contributed by atoms with E-state index in [2.05, 4.69) is 10.2 Å². The lowest BCUT2D eigenvalue weighted by atomic mass is 9.95. The molecule has 4 heteroatoms. The molecule has 0 bridgehead atoms. The van der Waals surface area contributed by atoms with Crippen LogP contribution in [-0.4, -0.2) is 49.2 Å². The first-order valence-corrected chi connectivity index (χ1v) is 8.77. The molecule has 0 aromatic heterocycles. The second-order valence-corrected chi connectivity index (χ2v) is 6.30. The summed E-state index contributed by atoms with van der Waals surface area (Å²) < 4.78 is 5.22. The highest BCUT2D eigenvalue weighted by Crippen LogP contribution is 2.17. The monoisotopic (exact) mass is 298 g/mol. The molecule has 0 spiro atoms. The van der Waals surface area contributed by atoms with Gasteiger partial charge in [0.2, 0.25) is 0 Å². The maximum absolute atomic E-state index is 12.1. The maximum atomic E-state index is 12.1. The number of likely N-dealkylation sites (tertiary alicyclic amines) is 1. The molecule has 0 radical (unpaired) electrons. The number of rotatable bonds is 8. The minimum absolute atomic E-state index is 0.112. The molecule has 1 heterocycles. The molecular formula is C17H34N2O2. The highest BCUT2D eigenvalue weighted by Gasteiger charge is 2.33. The van der Waals surface area contributed by atoms with Crippen LogP contribution in [0.5, 0.6) is 0 Å². The molecule has 4 nitrogen and oxygen atoms in total.